The lowest BCUT2D eigenvalue weighted by Gasteiger charge is -2.39. The number of nitrogens with one attached hydrogen (secondary N) is 1. The SMILES string of the molecule is CC1(CN)CCCN(c2n[nH]c(-c3cc(Cl)sc3Cl)n2)C1. The third-order valence-corrected chi connectivity index (χ3v) is 5.43. The number of aromatic nitrogens is 3. The Bertz CT molecular complexity index is 640. The van der Waals surface area contributed by atoms with Crippen LogP contribution >= 0.6 is 34.5 Å². The van der Waals surface area contributed by atoms with Gasteiger partial charge in [0, 0.05) is 18.7 Å². The van der Waals surface area contributed by atoms with Crippen molar-refractivity contribution >= 4 is 40.5 Å². The van der Waals surface area contributed by atoms with Crippen LogP contribution in [0.15, 0.2) is 6.07 Å². The molecule has 114 valence electrons. The van der Waals surface area contributed by atoms with E-state index in [4.69, 9.17) is 28.9 Å². The summed E-state index contributed by atoms with van der Waals surface area (Å²) < 4.78 is 1.26. The van der Waals surface area contributed by atoms with Crippen LogP contribution in [0.2, 0.25) is 8.67 Å². The van der Waals surface area contributed by atoms with Crippen molar-refractivity contribution in [1.29, 1.82) is 0 Å². The van der Waals surface area contributed by atoms with Gasteiger partial charge >= 0.3 is 0 Å². The van der Waals surface area contributed by atoms with E-state index in [1.165, 1.54) is 11.3 Å². The fraction of sp³-hybridized carbons (Fsp3) is 0.538. The highest BCUT2D eigenvalue weighted by Gasteiger charge is 2.31. The summed E-state index contributed by atoms with van der Waals surface area (Å²) in [5.74, 6) is 1.35. The Kier molecular flexibility index (Phi) is 4.14. The largest absolute Gasteiger partial charge is 0.339 e. The van der Waals surface area contributed by atoms with Gasteiger partial charge < -0.3 is 10.6 Å². The van der Waals surface area contributed by atoms with E-state index in [1.54, 1.807) is 6.07 Å². The van der Waals surface area contributed by atoms with Crippen molar-refractivity contribution < 1.29 is 0 Å². The molecule has 3 heterocycles. The molecule has 0 saturated carbocycles. The smallest absolute Gasteiger partial charge is 0.245 e. The summed E-state index contributed by atoms with van der Waals surface area (Å²) in [7, 11) is 0. The average molecular weight is 346 g/mol. The number of hydrogen-bond acceptors (Lipinski definition) is 5. The van der Waals surface area contributed by atoms with Crippen molar-refractivity contribution in [3.63, 3.8) is 0 Å². The molecule has 21 heavy (non-hydrogen) atoms. The second kappa shape index (κ2) is 5.76. The Morgan fingerprint density at radius 3 is 3.00 bits per heavy atom. The van der Waals surface area contributed by atoms with Gasteiger partial charge in [0.1, 0.15) is 4.34 Å². The second-order valence-electron chi connectivity index (χ2n) is 5.76. The van der Waals surface area contributed by atoms with Crippen molar-refractivity contribution in [2.75, 3.05) is 24.5 Å². The molecule has 0 amide bonds. The first-order valence-corrected chi connectivity index (χ1v) is 8.41. The lowest BCUT2D eigenvalue weighted by atomic mass is 9.82. The molecule has 0 aliphatic carbocycles. The Hall–Kier alpha value is -0.820. The zero-order valence-corrected chi connectivity index (χ0v) is 14.0. The van der Waals surface area contributed by atoms with Crippen molar-refractivity contribution in [2.45, 2.75) is 19.8 Å². The number of halogens is 2. The van der Waals surface area contributed by atoms with Gasteiger partial charge in [0.05, 0.1) is 4.34 Å². The molecule has 3 rings (SSSR count). The number of rotatable bonds is 3. The Morgan fingerprint density at radius 2 is 2.33 bits per heavy atom. The molecule has 8 heteroatoms. The van der Waals surface area contributed by atoms with Crippen molar-refractivity contribution in [1.82, 2.24) is 15.2 Å². The third-order valence-electron chi connectivity index (χ3n) is 3.94. The standard InChI is InChI=1S/C13H17Cl2N5S/c1-13(6-16)3-2-4-20(7-13)12-17-11(18-19-12)8-5-9(14)21-10(8)15/h5H,2-4,6-7,16H2,1H3,(H,17,18,19). The minimum absolute atomic E-state index is 0.127. The van der Waals surface area contributed by atoms with Gasteiger partial charge in [-0.3, -0.25) is 5.10 Å². The zero-order chi connectivity index (χ0) is 15.0. The summed E-state index contributed by atoms with van der Waals surface area (Å²) in [5.41, 5.74) is 6.81. The van der Waals surface area contributed by atoms with E-state index in [2.05, 4.69) is 27.0 Å². The number of hydrogen-bond donors (Lipinski definition) is 2. The first-order chi connectivity index (χ1) is 10.0. The van der Waals surface area contributed by atoms with Gasteiger partial charge in [0.2, 0.25) is 5.95 Å². The van der Waals surface area contributed by atoms with E-state index in [9.17, 15) is 0 Å². The van der Waals surface area contributed by atoms with Gasteiger partial charge in [0.25, 0.3) is 0 Å². The van der Waals surface area contributed by atoms with Gasteiger partial charge in [-0.1, -0.05) is 30.1 Å². The maximum Gasteiger partial charge on any atom is 0.245 e. The summed E-state index contributed by atoms with van der Waals surface area (Å²) in [4.78, 5) is 6.74. The summed E-state index contributed by atoms with van der Waals surface area (Å²) in [6, 6.07) is 1.80. The van der Waals surface area contributed by atoms with E-state index < -0.39 is 0 Å². The highest BCUT2D eigenvalue weighted by Crippen LogP contribution is 2.37. The van der Waals surface area contributed by atoms with E-state index >= 15 is 0 Å². The van der Waals surface area contributed by atoms with Crippen molar-refractivity contribution in [3.05, 3.63) is 14.7 Å². The summed E-state index contributed by atoms with van der Waals surface area (Å²) >= 11 is 13.5. The number of piperidine rings is 1. The molecule has 1 saturated heterocycles. The zero-order valence-electron chi connectivity index (χ0n) is 11.7. The molecule has 0 aromatic carbocycles. The van der Waals surface area contributed by atoms with Gasteiger partial charge in [0.15, 0.2) is 5.82 Å². The first-order valence-electron chi connectivity index (χ1n) is 6.83. The molecule has 0 radical (unpaired) electrons. The van der Waals surface area contributed by atoms with Crippen LogP contribution in [0.25, 0.3) is 11.4 Å². The molecule has 1 fully saturated rings. The molecular formula is C13H17Cl2N5S. The van der Waals surface area contributed by atoms with Crippen LogP contribution in [0.4, 0.5) is 5.95 Å². The molecule has 5 nitrogen and oxygen atoms in total. The van der Waals surface area contributed by atoms with Crippen molar-refractivity contribution in [3.8, 4) is 11.4 Å². The number of nitrogens with two attached hydrogens (primary N) is 1. The van der Waals surface area contributed by atoms with Gasteiger partial charge in [-0.2, -0.15) is 4.98 Å². The fourth-order valence-corrected chi connectivity index (χ4v) is 4.14. The van der Waals surface area contributed by atoms with Crippen LogP contribution in [-0.2, 0) is 0 Å². The van der Waals surface area contributed by atoms with Gasteiger partial charge in [-0.25, -0.2) is 0 Å². The maximum absolute atomic E-state index is 6.16. The predicted molar refractivity (Wildman–Crippen MR) is 88.3 cm³/mol. The molecule has 2 aromatic heterocycles. The lowest BCUT2D eigenvalue weighted by Crippen LogP contribution is -2.46. The highest BCUT2D eigenvalue weighted by atomic mass is 35.5. The number of thiophene rings is 1. The minimum atomic E-state index is 0.127. The van der Waals surface area contributed by atoms with Crippen molar-refractivity contribution in [2.24, 2.45) is 11.1 Å². The number of nitrogens with zero attached hydrogens (tertiary/aromatic N) is 3. The average Bonchev–Trinajstić information content (AvgIpc) is 3.05. The molecule has 1 unspecified atom stereocenters. The predicted octanol–water partition coefficient (Wildman–Crippen LogP) is 3.41. The van der Waals surface area contributed by atoms with Gasteiger partial charge in [-0.15, -0.1) is 16.4 Å². The van der Waals surface area contributed by atoms with Crippen LogP contribution in [0.1, 0.15) is 19.8 Å². The topological polar surface area (TPSA) is 70.8 Å². The molecule has 3 N–H and O–H groups in total. The molecular weight excluding hydrogens is 329 g/mol. The number of anilines is 1. The van der Waals surface area contributed by atoms with E-state index in [0.29, 0.717) is 27.0 Å². The maximum atomic E-state index is 6.16. The van der Waals surface area contributed by atoms with Crippen LogP contribution in [0, 0.1) is 5.41 Å². The number of H-pyrrole nitrogens is 1. The fourth-order valence-electron chi connectivity index (χ4n) is 2.67. The Balaban J connectivity index is 1.83. The second-order valence-corrected chi connectivity index (χ2v) is 8.05. The molecule has 0 spiro atoms. The van der Waals surface area contributed by atoms with E-state index in [1.807, 2.05) is 0 Å². The van der Waals surface area contributed by atoms with Gasteiger partial charge in [-0.05, 0) is 30.9 Å². The van der Waals surface area contributed by atoms with Crippen LogP contribution in [-0.4, -0.2) is 34.8 Å². The summed E-state index contributed by atoms with van der Waals surface area (Å²) in [6.07, 6.45) is 2.24. The monoisotopic (exact) mass is 345 g/mol. The minimum Gasteiger partial charge on any atom is -0.339 e. The van der Waals surface area contributed by atoms with E-state index in [0.717, 1.165) is 31.5 Å². The van der Waals surface area contributed by atoms with Crippen LogP contribution in [0.5, 0.6) is 0 Å². The highest BCUT2D eigenvalue weighted by molar-refractivity contribution is 7.20. The Morgan fingerprint density at radius 1 is 1.52 bits per heavy atom. The summed E-state index contributed by atoms with van der Waals surface area (Å²) in [5, 5.41) is 7.27. The number of aromatic amines is 1. The van der Waals surface area contributed by atoms with Crippen LogP contribution in [0.3, 0.4) is 0 Å². The molecule has 0 bridgehead atoms. The molecule has 2 aromatic rings. The third kappa shape index (κ3) is 3.04. The van der Waals surface area contributed by atoms with E-state index in [-0.39, 0.29) is 5.41 Å². The Labute approximate surface area is 137 Å². The lowest BCUT2D eigenvalue weighted by molar-refractivity contribution is 0.270. The normalized spacial score (nSPS) is 22.8. The van der Waals surface area contributed by atoms with Crippen LogP contribution < -0.4 is 10.6 Å². The summed E-state index contributed by atoms with van der Waals surface area (Å²) in [6.45, 7) is 4.71. The first kappa shape index (κ1) is 15.1. The molecule has 1 aliphatic rings. The molecule has 1 atom stereocenters. The molecule has 1 aliphatic heterocycles. The quantitative estimate of drug-likeness (QED) is 0.894.